The second-order valence-electron chi connectivity index (χ2n) is 2.09. The van der Waals surface area contributed by atoms with Crippen molar-refractivity contribution in [2.24, 2.45) is 5.90 Å². The zero-order chi connectivity index (χ0) is 9.19. The third-order valence-corrected chi connectivity index (χ3v) is 2.48. The molecule has 0 fully saturated rings. The highest BCUT2D eigenvalue weighted by atomic mass is 32.2. The largest absolute Gasteiger partial charge is 0.398 e. The number of rotatable bonds is 2. The first-order valence-electron chi connectivity index (χ1n) is 3.06. The molecule has 1 aromatic rings. The van der Waals surface area contributed by atoms with Gasteiger partial charge in [0, 0.05) is 0 Å². The zero-order valence-corrected chi connectivity index (χ0v) is 6.91. The lowest BCUT2D eigenvalue weighted by Gasteiger charge is -2.02. The van der Waals surface area contributed by atoms with Crippen LogP contribution in [-0.2, 0) is 14.4 Å². The van der Waals surface area contributed by atoms with Crippen LogP contribution in [0.2, 0.25) is 0 Å². The summed E-state index contributed by atoms with van der Waals surface area (Å²) in [5.74, 6) is 4.56. The van der Waals surface area contributed by atoms with Crippen LogP contribution >= 0.6 is 0 Å². The molecular formula is C7H12N2O3S. The maximum absolute atomic E-state index is 11.0. The molecule has 0 heterocycles. The van der Waals surface area contributed by atoms with E-state index in [1.54, 1.807) is 6.07 Å². The van der Waals surface area contributed by atoms with E-state index in [2.05, 4.69) is 10.2 Å². The topological polar surface area (TPSA) is 95.4 Å². The Bertz CT molecular complexity index is 375. The standard InChI is InChI=1S/C6H8N2O3S.CH4/c7-5-3-1-2-4-6(5)12(9,10)11-8;/h1-4H,7-8H2;1H4. The van der Waals surface area contributed by atoms with Gasteiger partial charge in [-0.25, -0.2) is 0 Å². The Hall–Kier alpha value is -1.11. The van der Waals surface area contributed by atoms with Crippen LogP contribution in [0.3, 0.4) is 0 Å². The van der Waals surface area contributed by atoms with Crippen molar-refractivity contribution < 1.29 is 12.7 Å². The van der Waals surface area contributed by atoms with E-state index in [-0.39, 0.29) is 18.0 Å². The Morgan fingerprint density at radius 1 is 1.23 bits per heavy atom. The predicted molar refractivity (Wildman–Crippen MR) is 50.0 cm³/mol. The first kappa shape index (κ1) is 11.9. The maximum Gasteiger partial charge on any atom is 0.314 e. The van der Waals surface area contributed by atoms with E-state index in [0.717, 1.165) is 0 Å². The molecule has 0 aromatic heterocycles. The van der Waals surface area contributed by atoms with Crippen LogP contribution in [0, 0.1) is 0 Å². The van der Waals surface area contributed by atoms with Crippen molar-refractivity contribution in [1.29, 1.82) is 0 Å². The minimum atomic E-state index is -3.88. The van der Waals surface area contributed by atoms with Gasteiger partial charge in [-0.2, -0.15) is 18.6 Å². The van der Waals surface area contributed by atoms with Crippen LogP contribution in [-0.4, -0.2) is 8.42 Å². The lowest BCUT2D eigenvalue weighted by molar-refractivity contribution is 0.333. The molecule has 4 N–H and O–H groups in total. The summed E-state index contributed by atoms with van der Waals surface area (Å²) in [5.41, 5.74) is 5.48. The summed E-state index contributed by atoms with van der Waals surface area (Å²) in [6.45, 7) is 0. The molecular weight excluding hydrogens is 192 g/mol. The Morgan fingerprint density at radius 2 is 1.77 bits per heavy atom. The summed E-state index contributed by atoms with van der Waals surface area (Å²) >= 11 is 0. The van der Waals surface area contributed by atoms with E-state index >= 15 is 0 Å². The number of nitrogen functional groups attached to an aromatic ring is 1. The number of nitrogens with two attached hydrogens (primary N) is 2. The quantitative estimate of drug-likeness (QED) is 0.539. The summed E-state index contributed by atoms with van der Waals surface area (Å²) in [6.07, 6.45) is 0. The average molecular weight is 204 g/mol. The summed E-state index contributed by atoms with van der Waals surface area (Å²) < 4.78 is 25.8. The SMILES string of the molecule is C.NOS(=O)(=O)c1ccccc1N. The van der Waals surface area contributed by atoms with Crippen LogP contribution < -0.4 is 11.6 Å². The van der Waals surface area contributed by atoms with E-state index in [1.165, 1.54) is 18.2 Å². The Balaban J connectivity index is 0.00000144. The van der Waals surface area contributed by atoms with Gasteiger partial charge in [0.25, 0.3) is 0 Å². The highest BCUT2D eigenvalue weighted by molar-refractivity contribution is 7.86. The van der Waals surface area contributed by atoms with Gasteiger partial charge < -0.3 is 5.73 Å². The maximum atomic E-state index is 11.0. The Kier molecular flexibility index (Phi) is 3.86. The molecule has 0 amide bonds. The molecule has 0 aliphatic rings. The van der Waals surface area contributed by atoms with Crippen molar-refractivity contribution in [3.05, 3.63) is 24.3 Å². The van der Waals surface area contributed by atoms with Gasteiger partial charge in [-0.1, -0.05) is 19.6 Å². The van der Waals surface area contributed by atoms with E-state index in [4.69, 9.17) is 5.73 Å². The second kappa shape index (κ2) is 4.22. The molecule has 1 aromatic carbocycles. The minimum absolute atomic E-state index is 0. The lowest BCUT2D eigenvalue weighted by atomic mass is 10.3. The normalized spacial score (nSPS) is 10.5. The number of hydrogen-bond acceptors (Lipinski definition) is 5. The summed E-state index contributed by atoms with van der Waals surface area (Å²) in [6, 6.07) is 5.91. The zero-order valence-electron chi connectivity index (χ0n) is 6.10. The highest BCUT2D eigenvalue weighted by Gasteiger charge is 2.15. The van der Waals surface area contributed by atoms with Crippen LogP contribution in [0.5, 0.6) is 0 Å². The van der Waals surface area contributed by atoms with Crippen molar-refractivity contribution in [3.8, 4) is 0 Å². The van der Waals surface area contributed by atoms with Crippen LogP contribution in [0.15, 0.2) is 29.2 Å². The molecule has 0 saturated heterocycles. The first-order valence-corrected chi connectivity index (χ1v) is 4.46. The fourth-order valence-electron chi connectivity index (χ4n) is 0.760. The molecule has 6 heteroatoms. The molecule has 0 aliphatic carbocycles. The predicted octanol–water partition coefficient (Wildman–Crippen LogP) is 0.484. The van der Waals surface area contributed by atoms with Gasteiger partial charge in [0.1, 0.15) is 4.90 Å². The third-order valence-electron chi connectivity index (χ3n) is 1.32. The number of para-hydroxylation sites is 1. The van der Waals surface area contributed by atoms with Gasteiger partial charge in [-0.15, -0.1) is 0 Å². The Morgan fingerprint density at radius 3 is 2.23 bits per heavy atom. The molecule has 0 unspecified atom stereocenters. The first-order chi connectivity index (χ1) is 5.58. The lowest BCUT2D eigenvalue weighted by Crippen LogP contribution is -2.12. The van der Waals surface area contributed by atoms with E-state index in [9.17, 15) is 8.42 Å². The molecule has 5 nitrogen and oxygen atoms in total. The van der Waals surface area contributed by atoms with E-state index in [0.29, 0.717) is 0 Å². The fourth-order valence-corrected chi connectivity index (χ4v) is 1.47. The number of anilines is 1. The summed E-state index contributed by atoms with van der Waals surface area (Å²) in [7, 11) is -3.88. The monoisotopic (exact) mass is 204 g/mol. The van der Waals surface area contributed by atoms with Gasteiger partial charge in [0.15, 0.2) is 0 Å². The van der Waals surface area contributed by atoms with Gasteiger partial charge >= 0.3 is 10.1 Å². The van der Waals surface area contributed by atoms with E-state index < -0.39 is 10.1 Å². The fraction of sp³-hybridized carbons (Fsp3) is 0.143. The molecule has 0 aliphatic heterocycles. The van der Waals surface area contributed by atoms with Gasteiger partial charge in [0.2, 0.25) is 0 Å². The number of benzene rings is 1. The summed E-state index contributed by atoms with van der Waals surface area (Å²) in [5, 5.41) is 0. The second-order valence-corrected chi connectivity index (χ2v) is 3.63. The van der Waals surface area contributed by atoms with E-state index in [1.807, 2.05) is 0 Å². The molecule has 0 saturated carbocycles. The van der Waals surface area contributed by atoms with Crippen molar-refractivity contribution >= 4 is 15.8 Å². The van der Waals surface area contributed by atoms with Gasteiger partial charge in [-0.05, 0) is 12.1 Å². The van der Waals surface area contributed by atoms with Crippen molar-refractivity contribution in [2.75, 3.05) is 5.73 Å². The molecule has 0 atom stereocenters. The average Bonchev–Trinajstić information content (AvgIpc) is 2.05. The molecule has 0 bridgehead atoms. The highest BCUT2D eigenvalue weighted by Crippen LogP contribution is 2.17. The smallest absolute Gasteiger partial charge is 0.314 e. The van der Waals surface area contributed by atoms with Crippen LogP contribution in [0.4, 0.5) is 5.69 Å². The van der Waals surface area contributed by atoms with Crippen LogP contribution in [0.25, 0.3) is 0 Å². The van der Waals surface area contributed by atoms with Crippen LogP contribution in [0.1, 0.15) is 7.43 Å². The third kappa shape index (κ3) is 2.41. The van der Waals surface area contributed by atoms with Crippen molar-refractivity contribution in [2.45, 2.75) is 12.3 Å². The molecule has 0 spiro atoms. The van der Waals surface area contributed by atoms with Gasteiger partial charge in [0.05, 0.1) is 5.69 Å². The van der Waals surface area contributed by atoms with Gasteiger partial charge in [-0.3, -0.25) is 0 Å². The molecule has 13 heavy (non-hydrogen) atoms. The Labute approximate surface area is 77.4 Å². The molecule has 74 valence electrons. The molecule has 0 radical (unpaired) electrons. The molecule has 1 rings (SSSR count). The van der Waals surface area contributed by atoms with Crippen molar-refractivity contribution in [3.63, 3.8) is 0 Å². The minimum Gasteiger partial charge on any atom is -0.398 e. The summed E-state index contributed by atoms with van der Waals surface area (Å²) in [4.78, 5) is -0.118. The number of hydrogen-bond donors (Lipinski definition) is 2. The van der Waals surface area contributed by atoms with Crippen molar-refractivity contribution in [1.82, 2.24) is 0 Å².